The summed E-state index contributed by atoms with van der Waals surface area (Å²) in [6, 6.07) is -0.0933. The van der Waals surface area contributed by atoms with E-state index in [1.165, 1.54) is 0 Å². The largest absolute Gasteiger partial charge is 0.481 e. The molecule has 17 heavy (non-hydrogen) atoms. The monoisotopic (exact) mass is 240 g/mol. The van der Waals surface area contributed by atoms with E-state index < -0.39 is 12.0 Å². The summed E-state index contributed by atoms with van der Waals surface area (Å²) in [5.74, 6) is -1.04. The predicted molar refractivity (Wildman–Crippen MR) is 62.6 cm³/mol. The second-order valence-corrected chi connectivity index (χ2v) is 5.90. The molecule has 1 heterocycles. The molecule has 2 fully saturated rings. The number of carboxylic acids is 1. The lowest BCUT2D eigenvalue weighted by Crippen LogP contribution is -2.47. The highest BCUT2D eigenvalue weighted by atomic mass is 16.4. The molecule has 0 radical (unpaired) electrons. The van der Waals surface area contributed by atoms with Crippen LogP contribution in [-0.4, -0.2) is 47.1 Å². The molecule has 2 rings (SSSR count). The molecule has 96 valence electrons. The SMILES string of the molecule is CC1(C)CNC(=O)C(CC(=O)O)N(C2CC2)C1. The molecule has 0 aromatic heterocycles. The number of carbonyl (C=O) groups excluding carboxylic acids is 1. The van der Waals surface area contributed by atoms with Crippen LogP contribution in [-0.2, 0) is 9.59 Å². The summed E-state index contributed by atoms with van der Waals surface area (Å²) >= 11 is 0. The van der Waals surface area contributed by atoms with Gasteiger partial charge >= 0.3 is 5.97 Å². The van der Waals surface area contributed by atoms with E-state index in [4.69, 9.17) is 5.11 Å². The molecule has 1 unspecified atom stereocenters. The van der Waals surface area contributed by atoms with Gasteiger partial charge in [-0.05, 0) is 18.3 Å². The molecule has 2 aliphatic rings. The van der Waals surface area contributed by atoms with Crippen molar-refractivity contribution in [3.05, 3.63) is 0 Å². The number of carbonyl (C=O) groups is 2. The summed E-state index contributed by atoms with van der Waals surface area (Å²) < 4.78 is 0. The van der Waals surface area contributed by atoms with Gasteiger partial charge in [0.25, 0.3) is 0 Å². The van der Waals surface area contributed by atoms with Crippen molar-refractivity contribution in [2.45, 2.75) is 45.2 Å². The Kier molecular flexibility index (Phi) is 3.12. The Morgan fingerprint density at radius 2 is 2.18 bits per heavy atom. The number of carboxylic acid groups (broad SMARTS) is 1. The number of aliphatic carboxylic acids is 1. The molecular formula is C12H20N2O3. The molecule has 1 aliphatic heterocycles. The molecule has 0 bridgehead atoms. The van der Waals surface area contributed by atoms with Gasteiger partial charge in [0, 0.05) is 19.1 Å². The molecule has 2 N–H and O–H groups in total. The minimum atomic E-state index is -0.907. The highest BCUT2D eigenvalue weighted by Gasteiger charge is 2.43. The van der Waals surface area contributed by atoms with Gasteiger partial charge in [0.2, 0.25) is 5.91 Å². The van der Waals surface area contributed by atoms with E-state index >= 15 is 0 Å². The summed E-state index contributed by atoms with van der Waals surface area (Å²) in [6.07, 6.45) is 2.07. The van der Waals surface area contributed by atoms with Crippen LogP contribution >= 0.6 is 0 Å². The van der Waals surface area contributed by atoms with Gasteiger partial charge in [-0.2, -0.15) is 0 Å². The van der Waals surface area contributed by atoms with Crippen LogP contribution in [0.1, 0.15) is 33.1 Å². The van der Waals surface area contributed by atoms with Gasteiger partial charge in [0.1, 0.15) is 0 Å². The second-order valence-electron chi connectivity index (χ2n) is 5.90. The van der Waals surface area contributed by atoms with Crippen molar-refractivity contribution in [2.75, 3.05) is 13.1 Å². The minimum absolute atomic E-state index is 0.00546. The van der Waals surface area contributed by atoms with Gasteiger partial charge in [-0.3, -0.25) is 14.5 Å². The maximum absolute atomic E-state index is 12.0. The summed E-state index contributed by atoms with van der Waals surface area (Å²) in [4.78, 5) is 24.9. The van der Waals surface area contributed by atoms with Crippen LogP contribution in [0.5, 0.6) is 0 Å². The first-order valence-electron chi connectivity index (χ1n) is 6.14. The van der Waals surface area contributed by atoms with Crippen molar-refractivity contribution < 1.29 is 14.7 Å². The highest BCUT2D eigenvalue weighted by Crippen LogP contribution is 2.33. The molecule has 5 heteroatoms. The van der Waals surface area contributed by atoms with Crippen molar-refractivity contribution in [2.24, 2.45) is 5.41 Å². The van der Waals surface area contributed by atoms with Gasteiger partial charge in [0.15, 0.2) is 0 Å². The van der Waals surface area contributed by atoms with Gasteiger partial charge in [-0.25, -0.2) is 0 Å². The van der Waals surface area contributed by atoms with Crippen molar-refractivity contribution in [1.29, 1.82) is 0 Å². The number of hydrogen-bond donors (Lipinski definition) is 2. The maximum atomic E-state index is 12.0. The summed E-state index contributed by atoms with van der Waals surface area (Å²) in [5.41, 5.74) is 0.00546. The smallest absolute Gasteiger partial charge is 0.305 e. The molecular weight excluding hydrogens is 220 g/mol. The first-order chi connectivity index (χ1) is 7.89. The van der Waals surface area contributed by atoms with Gasteiger partial charge < -0.3 is 10.4 Å². The molecule has 1 saturated heterocycles. The number of nitrogens with zero attached hydrogens (tertiary/aromatic N) is 1. The Labute approximate surface area is 101 Å². The third-order valence-corrected chi connectivity index (χ3v) is 3.44. The van der Waals surface area contributed by atoms with E-state index in [0.29, 0.717) is 12.6 Å². The summed E-state index contributed by atoms with van der Waals surface area (Å²) in [6.45, 7) is 5.61. The maximum Gasteiger partial charge on any atom is 0.305 e. The fraction of sp³-hybridized carbons (Fsp3) is 0.833. The normalized spacial score (nSPS) is 29.5. The molecule has 0 spiro atoms. The summed E-state index contributed by atoms with van der Waals surface area (Å²) in [5, 5.41) is 11.8. The van der Waals surface area contributed by atoms with Gasteiger partial charge in [0.05, 0.1) is 12.5 Å². The Morgan fingerprint density at radius 3 is 2.71 bits per heavy atom. The van der Waals surface area contributed by atoms with Crippen LogP contribution in [0.15, 0.2) is 0 Å². The number of rotatable bonds is 3. The van der Waals surface area contributed by atoms with Gasteiger partial charge in [-0.1, -0.05) is 13.8 Å². The van der Waals surface area contributed by atoms with Crippen LogP contribution in [0, 0.1) is 5.41 Å². The van der Waals surface area contributed by atoms with Crippen LogP contribution < -0.4 is 5.32 Å². The predicted octanol–water partition coefficient (Wildman–Crippen LogP) is 0.450. The zero-order valence-electron chi connectivity index (χ0n) is 10.4. The standard InChI is InChI=1S/C12H20N2O3/c1-12(2)6-13-11(17)9(5-10(15)16)14(7-12)8-3-4-8/h8-9H,3-7H2,1-2H3,(H,13,17)(H,15,16). The van der Waals surface area contributed by atoms with E-state index in [1.54, 1.807) is 0 Å². The zero-order chi connectivity index (χ0) is 12.6. The molecule has 0 aromatic rings. The van der Waals surface area contributed by atoms with E-state index in [9.17, 15) is 9.59 Å². The van der Waals surface area contributed by atoms with E-state index in [0.717, 1.165) is 19.4 Å². The first-order valence-corrected chi connectivity index (χ1v) is 6.14. The lowest BCUT2D eigenvalue weighted by molar-refractivity contribution is -0.141. The van der Waals surface area contributed by atoms with E-state index in [1.807, 2.05) is 0 Å². The molecule has 1 amide bonds. The second kappa shape index (κ2) is 4.29. The minimum Gasteiger partial charge on any atom is -0.481 e. The molecule has 1 atom stereocenters. The van der Waals surface area contributed by atoms with Crippen LogP contribution in [0.25, 0.3) is 0 Å². The van der Waals surface area contributed by atoms with Crippen LogP contribution in [0.2, 0.25) is 0 Å². The fourth-order valence-electron chi connectivity index (χ4n) is 2.42. The average molecular weight is 240 g/mol. The number of amides is 1. The Hall–Kier alpha value is -1.10. The Morgan fingerprint density at radius 1 is 1.53 bits per heavy atom. The third kappa shape index (κ3) is 2.97. The lowest BCUT2D eigenvalue weighted by Gasteiger charge is -2.32. The van der Waals surface area contributed by atoms with Crippen molar-refractivity contribution in [1.82, 2.24) is 10.2 Å². The average Bonchev–Trinajstić information content (AvgIpc) is 3.02. The quantitative estimate of drug-likeness (QED) is 0.751. The Balaban J connectivity index is 2.18. The lowest BCUT2D eigenvalue weighted by atomic mass is 9.93. The zero-order valence-corrected chi connectivity index (χ0v) is 10.4. The molecule has 1 aliphatic carbocycles. The topological polar surface area (TPSA) is 69.6 Å². The van der Waals surface area contributed by atoms with Gasteiger partial charge in [-0.15, -0.1) is 0 Å². The van der Waals surface area contributed by atoms with E-state index in [2.05, 4.69) is 24.1 Å². The first kappa shape index (κ1) is 12.4. The number of hydrogen-bond acceptors (Lipinski definition) is 3. The van der Waals surface area contributed by atoms with E-state index in [-0.39, 0.29) is 17.7 Å². The number of nitrogens with one attached hydrogen (secondary N) is 1. The van der Waals surface area contributed by atoms with Crippen molar-refractivity contribution in [3.8, 4) is 0 Å². The third-order valence-electron chi connectivity index (χ3n) is 3.44. The van der Waals surface area contributed by atoms with Crippen LogP contribution in [0.4, 0.5) is 0 Å². The fourth-order valence-corrected chi connectivity index (χ4v) is 2.42. The Bertz CT molecular complexity index is 337. The van der Waals surface area contributed by atoms with Crippen LogP contribution in [0.3, 0.4) is 0 Å². The molecule has 1 saturated carbocycles. The molecule has 0 aromatic carbocycles. The summed E-state index contributed by atoms with van der Waals surface area (Å²) in [7, 11) is 0. The van der Waals surface area contributed by atoms with Crippen molar-refractivity contribution >= 4 is 11.9 Å². The highest BCUT2D eigenvalue weighted by molar-refractivity contribution is 5.86. The molecule has 5 nitrogen and oxygen atoms in total. The van der Waals surface area contributed by atoms with Crippen molar-refractivity contribution in [3.63, 3.8) is 0 Å².